The van der Waals surface area contributed by atoms with Crippen LogP contribution in [-0.2, 0) is 17.5 Å². The summed E-state index contributed by atoms with van der Waals surface area (Å²) < 4.78 is 45.5. The van der Waals surface area contributed by atoms with Gasteiger partial charge in [0.25, 0.3) is 0 Å². The minimum atomic E-state index is -4.52. The lowest BCUT2D eigenvalue weighted by molar-refractivity contribution is -0.138. The molecule has 0 saturated carbocycles. The number of benzene rings is 1. The molecule has 144 valence electrons. The van der Waals surface area contributed by atoms with E-state index in [9.17, 15) is 23.2 Å². The van der Waals surface area contributed by atoms with Crippen LogP contribution in [0.2, 0.25) is 0 Å². The van der Waals surface area contributed by atoms with Crippen molar-refractivity contribution in [3.63, 3.8) is 0 Å². The third-order valence-electron chi connectivity index (χ3n) is 3.96. The fourth-order valence-corrected chi connectivity index (χ4v) is 2.84. The third-order valence-corrected chi connectivity index (χ3v) is 3.96. The van der Waals surface area contributed by atoms with Crippen LogP contribution >= 0.6 is 0 Å². The van der Waals surface area contributed by atoms with E-state index in [1.54, 1.807) is 20.8 Å². The van der Waals surface area contributed by atoms with Gasteiger partial charge < -0.3 is 4.74 Å². The predicted octanol–water partition coefficient (Wildman–Crippen LogP) is 5.79. The van der Waals surface area contributed by atoms with Gasteiger partial charge in [0, 0.05) is 0 Å². The molecular formula is C19H24F3NO3. The molecule has 0 spiro atoms. The molecule has 1 aromatic rings. The summed E-state index contributed by atoms with van der Waals surface area (Å²) in [4.78, 5) is 11.8. The molecule has 1 aromatic carbocycles. The first kappa shape index (κ1) is 20.3. The number of hydrogen-bond donors (Lipinski definition) is 1. The van der Waals surface area contributed by atoms with Gasteiger partial charge in [-0.1, -0.05) is 18.2 Å². The highest BCUT2D eigenvalue weighted by molar-refractivity contribution is 5.70. The van der Waals surface area contributed by atoms with E-state index < -0.39 is 30.0 Å². The minimum absolute atomic E-state index is 0.169. The van der Waals surface area contributed by atoms with Crippen molar-refractivity contribution in [2.45, 2.75) is 64.8 Å². The Labute approximate surface area is 151 Å². The summed E-state index contributed by atoms with van der Waals surface area (Å²) >= 11 is 0. The first-order valence-corrected chi connectivity index (χ1v) is 8.56. The van der Waals surface area contributed by atoms with Gasteiger partial charge >= 0.3 is 12.3 Å². The van der Waals surface area contributed by atoms with E-state index >= 15 is 0 Å². The van der Waals surface area contributed by atoms with Gasteiger partial charge in [-0.05, 0) is 69.2 Å². The molecule has 0 fully saturated rings. The molecule has 2 rings (SSSR count). The Morgan fingerprint density at radius 2 is 1.92 bits per heavy atom. The molecule has 1 aliphatic rings. The molecule has 0 aromatic heterocycles. The van der Waals surface area contributed by atoms with Crippen molar-refractivity contribution < 1.29 is 27.9 Å². The van der Waals surface area contributed by atoms with Crippen LogP contribution in [-0.4, -0.2) is 22.0 Å². The molecule has 26 heavy (non-hydrogen) atoms. The Bertz CT molecular complexity index is 690. The SMILES string of the molecule is CC(C)(C)OC(=O)N(O)Cc1ccc(C2=CCCCC2)c(C(F)(F)F)c1. The number of alkyl halides is 3. The molecule has 0 bridgehead atoms. The summed E-state index contributed by atoms with van der Waals surface area (Å²) in [5.74, 6) is 0. The molecule has 0 unspecified atom stereocenters. The van der Waals surface area contributed by atoms with Crippen LogP contribution in [0.4, 0.5) is 18.0 Å². The van der Waals surface area contributed by atoms with Gasteiger partial charge in [0.05, 0.1) is 12.1 Å². The van der Waals surface area contributed by atoms with Crippen molar-refractivity contribution in [3.8, 4) is 0 Å². The van der Waals surface area contributed by atoms with Gasteiger partial charge in [0.2, 0.25) is 0 Å². The van der Waals surface area contributed by atoms with Gasteiger partial charge in [-0.3, -0.25) is 5.21 Å². The van der Waals surface area contributed by atoms with Crippen molar-refractivity contribution >= 4 is 11.7 Å². The van der Waals surface area contributed by atoms with Crippen molar-refractivity contribution in [1.82, 2.24) is 5.06 Å². The highest BCUT2D eigenvalue weighted by Crippen LogP contribution is 2.38. The number of hydroxylamine groups is 2. The van der Waals surface area contributed by atoms with E-state index in [1.807, 2.05) is 6.08 Å². The summed E-state index contributed by atoms with van der Waals surface area (Å²) in [5.41, 5.74) is -0.524. The van der Waals surface area contributed by atoms with Crippen LogP contribution < -0.4 is 0 Å². The zero-order chi connectivity index (χ0) is 19.5. The van der Waals surface area contributed by atoms with Gasteiger partial charge in [-0.15, -0.1) is 0 Å². The minimum Gasteiger partial charge on any atom is -0.442 e. The second-order valence-corrected chi connectivity index (χ2v) is 7.39. The van der Waals surface area contributed by atoms with E-state index in [2.05, 4.69) is 0 Å². The number of hydrogen-bond acceptors (Lipinski definition) is 3. The second-order valence-electron chi connectivity index (χ2n) is 7.39. The molecule has 7 heteroatoms. The standard InChI is InChI=1S/C19H24F3NO3/c1-18(2,3)26-17(24)23(25)12-13-9-10-15(14-7-5-4-6-8-14)16(11-13)19(20,21)22/h7,9-11,25H,4-6,8,12H2,1-3H3. The number of amides is 1. The molecule has 1 amide bonds. The van der Waals surface area contributed by atoms with E-state index in [0.717, 1.165) is 25.3 Å². The molecule has 0 atom stereocenters. The number of allylic oxidation sites excluding steroid dienone is 2. The Kier molecular flexibility index (Phi) is 6.01. The van der Waals surface area contributed by atoms with Crippen LogP contribution in [0.3, 0.4) is 0 Å². The molecule has 1 aliphatic carbocycles. The monoisotopic (exact) mass is 371 g/mol. The van der Waals surface area contributed by atoms with Crippen LogP contribution in [0.25, 0.3) is 5.57 Å². The Hall–Kier alpha value is -2.02. The lowest BCUT2D eigenvalue weighted by atomic mass is 9.89. The Morgan fingerprint density at radius 3 is 2.46 bits per heavy atom. The number of rotatable bonds is 3. The van der Waals surface area contributed by atoms with Gasteiger partial charge in [-0.2, -0.15) is 18.2 Å². The number of carbonyl (C=O) groups is 1. The highest BCUT2D eigenvalue weighted by Gasteiger charge is 2.34. The topological polar surface area (TPSA) is 49.8 Å². The van der Waals surface area contributed by atoms with E-state index in [-0.39, 0.29) is 16.2 Å². The average molecular weight is 371 g/mol. The maximum atomic E-state index is 13.5. The molecule has 0 aliphatic heterocycles. The van der Waals surface area contributed by atoms with E-state index in [0.29, 0.717) is 12.0 Å². The molecule has 4 nitrogen and oxygen atoms in total. The fourth-order valence-electron chi connectivity index (χ4n) is 2.84. The van der Waals surface area contributed by atoms with Crippen molar-refractivity contribution in [2.24, 2.45) is 0 Å². The fraction of sp³-hybridized carbons (Fsp3) is 0.526. The van der Waals surface area contributed by atoms with Crippen molar-refractivity contribution in [1.29, 1.82) is 0 Å². The van der Waals surface area contributed by atoms with Gasteiger partial charge in [0.15, 0.2) is 0 Å². The smallest absolute Gasteiger partial charge is 0.434 e. The van der Waals surface area contributed by atoms with Crippen LogP contribution in [0.1, 0.15) is 63.1 Å². The maximum absolute atomic E-state index is 13.5. The molecule has 0 heterocycles. The Morgan fingerprint density at radius 1 is 1.23 bits per heavy atom. The highest BCUT2D eigenvalue weighted by atomic mass is 19.4. The summed E-state index contributed by atoms with van der Waals surface area (Å²) in [7, 11) is 0. The molecule has 0 saturated heterocycles. The lowest BCUT2D eigenvalue weighted by Gasteiger charge is -2.24. The Balaban J connectivity index is 2.26. The van der Waals surface area contributed by atoms with E-state index in [1.165, 1.54) is 12.1 Å². The predicted molar refractivity (Wildman–Crippen MR) is 91.5 cm³/mol. The second kappa shape index (κ2) is 7.70. The third kappa shape index (κ3) is 5.49. The first-order valence-electron chi connectivity index (χ1n) is 8.56. The number of halogens is 3. The summed E-state index contributed by atoms with van der Waals surface area (Å²) in [6, 6.07) is 3.89. The number of ether oxygens (including phenoxy) is 1. The van der Waals surface area contributed by atoms with Crippen LogP contribution in [0, 0.1) is 0 Å². The maximum Gasteiger partial charge on any atom is 0.434 e. The zero-order valence-electron chi connectivity index (χ0n) is 15.2. The number of nitrogens with zero attached hydrogens (tertiary/aromatic N) is 1. The summed E-state index contributed by atoms with van der Waals surface area (Å²) in [6.45, 7) is 4.50. The molecule has 1 N–H and O–H groups in total. The van der Waals surface area contributed by atoms with Crippen molar-refractivity contribution in [3.05, 3.63) is 41.0 Å². The summed E-state index contributed by atoms with van der Waals surface area (Å²) in [5, 5.41) is 10.1. The van der Waals surface area contributed by atoms with Gasteiger partial charge in [-0.25, -0.2) is 4.79 Å². The van der Waals surface area contributed by atoms with Gasteiger partial charge in [0.1, 0.15) is 5.60 Å². The quantitative estimate of drug-likeness (QED) is 0.540. The zero-order valence-corrected chi connectivity index (χ0v) is 15.2. The molecule has 0 radical (unpaired) electrons. The number of carbonyl (C=O) groups excluding carboxylic acids is 1. The molecular weight excluding hydrogens is 347 g/mol. The first-order chi connectivity index (χ1) is 12.0. The van der Waals surface area contributed by atoms with E-state index in [4.69, 9.17) is 4.74 Å². The normalized spacial score (nSPS) is 15.4. The largest absolute Gasteiger partial charge is 0.442 e. The van der Waals surface area contributed by atoms with Crippen LogP contribution in [0.5, 0.6) is 0 Å². The average Bonchev–Trinajstić information content (AvgIpc) is 2.53. The summed E-state index contributed by atoms with van der Waals surface area (Å²) in [6.07, 6.45) is -0.427. The lowest BCUT2D eigenvalue weighted by Crippen LogP contribution is -2.34. The van der Waals surface area contributed by atoms with Crippen molar-refractivity contribution in [2.75, 3.05) is 0 Å². The van der Waals surface area contributed by atoms with Crippen LogP contribution in [0.15, 0.2) is 24.3 Å².